The first kappa shape index (κ1) is 51.3. The first-order chi connectivity index (χ1) is 35.4. The standard InChI is InChI=1S/C56H72N12O5S/c1-33-28-66(45-20-44(63-64-50(45)57)43-9-7-8-10-47(43)70)29-34(2)68(33)54-59-26-41(27-60-54)38-15-17-65(18-16-38)30-37-21-56(22-37)23-40(24-56)51(71)62-49(55(4,5)6)53(73)67-31-42(69)19-46(67)52(72)58-25-36-11-13-39(14-12-36)48-35(3)61-32-74-48/h7-14,20,26-27,32-34,37-38,40,42,46,49,69-70H,15-19,21-25,28-31H2,1-6H3,(H2,57,64)(H,58,72)(H,62,71)/t33?,34?,37?,40?,42-,46+,49-,56?/m1/s1. The molecule has 0 bridgehead atoms. The lowest BCUT2D eigenvalue weighted by Gasteiger charge is -2.58. The highest BCUT2D eigenvalue weighted by atomic mass is 32.1. The molecule has 18 heteroatoms. The van der Waals surface area contributed by atoms with Crippen LogP contribution in [0.3, 0.4) is 0 Å². The van der Waals surface area contributed by atoms with E-state index < -0.39 is 23.6 Å². The van der Waals surface area contributed by atoms with Gasteiger partial charge in [0.15, 0.2) is 5.82 Å². The molecule has 392 valence electrons. The number of carbonyl (C=O) groups excluding carboxylic acids is 3. The SMILES string of the molecule is Cc1ncsc1-c1ccc(CNC(=O)[C@@H]2C[C@@H](O)CN2C(=O)[C@@H](NC(=O)C2CC3(CC(CN4CCC(c5cnc(N6C(C)CN(c7cc(-c8ccccc8O)nnc7N)CC6C)nc5)CC4)C3)C2)C(C)(C)C)cc1. The zero-order valence-corrected chi connectivity index (χ0v) is 44.4. The number of phenols is 1. The molecule has 2 unspecified atom stereocenters. The summed E-state index contributed by atoms with van der Waals surface area (Å²) in [6.45, 7) is 17.0. The summed E-state index contributed by atoms with van der Waals surface area (Å²) in [6, 6.07) is 15.5. The largest absolute Gasteiger partial charge is 0.507 e. The van der Waals surface area contributed by atoms with Crippen LogP contribution in [-0.4, -0.2) is 132 Å². The van der Waals surface area contributed by atoms with Gasteiger partial charge in [-0.05, 0) is 130 Å². The molecular formula is C56H72N12O5S. The molecule has 74 heavy (non-hydrogen) atoms. The molecule has 3 amide bonds. The average molecular weight is 1030 g/mol. The fraction of sp³-hybridized carbons (Fsp3) is 0.536. The summed E-state index contributed by atoms with van der Waals surface area (Å²) in [5, 5.41) is 35.8. The number of carbonyl (C=O) groups is 3. The van der Waals surface area contributed by atoms with Crippen LogP contribution >= 0.6 is 11.3 Å². The summed E-state index contributed by atoms with van der Waals surface area (Å²) in [7, 11) is 0. The molecule has 3 aromatic heterocycles. The normalized spacial score (nSPS) is 25.9. The van der Waals surface area contributed by atoms with Crippen LogP contribution in [0.5, 0.6) is 5.75 Å². The Kier molecular flexibility index (Phi) is 14.4. The number of hydrogen-bond donors (Lipinski definition) is 5. The number of β-amino-alcohol motifs (C(OH)–C–C–N with tert-alkyl or cyclic N) is 1. The van der Waals surface area contributed by atoms with Gasteiger partial charge in [0.05, 0.1) is 33.6 Å². The molecule has 1 spiro atoms. The molecule has 5 atom stereocenters. The van der Waals surface area contributed by atoms with Gasteiger partial charge in [0.1, 0.15) is 17.8 Å². The number of para-hydroxylation sites is 1. The Morgan fingerprint density at radius 2 is 1.59 bits per heavy atom. The lowest BCUT2D eigenvalue weighted by Crippen LogP contribution is -2.60. The maximum atomic E-state index is 14.3. The number of aromatic nitrogens is 5. The summed E-state index contributed by atoms with van der Waals surface area (Å²) in [5.74, 6) is 1.39. The molecule has 6 heterocycles. The summed E-state index contributed by atoms with van der Waals surface area (Å²) >= 11 is 1.59. The van der Waals surface area contributed by atoms with Gasteiger partial charge in [-0.25, -0.2) is 15.0 Å². The van der Waals surface area contributed by atoms with Gasteiger partial charge >= 0.3 is 0 Å². The van der Waals surface area contributed by atoms with E-state index >= 15 is 0 Å². The van der Waals surface area contributed by atoms with Crippen molar-refractivity contribution in [2.75, 3.05) is 54.8 Å². The summed E-state index contributed by atoms with van der Waals surface area (Å²) in [4.78, 5) is 65.6. The third kappa shape index (κ3) is 10.7. The van der Waals surface area contributed by atoms with Crippen LogP contribution in [0.1, 0.15) is 102 Å². The van der Waals surface area contributed by atoms with E-state index in [-0.39, 0.29) is 59.9 Å². The highest BCUT2D eigenvalue weighted by molar-refractivity contribution is 7.13. The first-order valence-corrected chi connectivity index (χ1v) is 27.3. The number of anilines is 3. The van der Waals surface area contributed by atoms with Crippen LogP contribution in [0.15, 0.2) is 72.5 Å². The van der Waals surface area contributed by atoms with E-state index in [4.69, 9.17) is 15.7 Å². The predicted molar refractivity (Wildman–Crippen MR) is 287 cm³/mol. The molecule has 3 aliphatic heterocycles. The van der Waals surface area contributed by atoms with Gasteiger partial charge in [0.2, 0.25) is 23.7 Å². The quantitative estimate of drug-likeness (QED) is 0.0845. The lowest BCUT2D eigenvalue weighted by atomic mass is 9.48. The van der Waals surface area contributed by atoms with E-state index in [0.717, 1.165) is 91.5 Å². The molecule has 2 saturated carbocycles. The Hall–Kier alpha value is -6.24. The van der Waals surface area contributed by atoms with Crippen molar-refractivity contribution in [2.24, 2.45) is 22.7 Å². The second-order valence-corrected chi connectivity index (χ2v) is 24.0. The van der Waals surface area contributed by atoms with E-state index in [1.54, 1.807) is 23.5 Å². The number of amides is 3. The number of thiazole rings is 1. The van der Waals surface area contributed by atoms with Crippen molar-refractivity contribution in [1.82, 2.24) is 45.6 Å². The topological polar surface area (TPSA) is 219 Å². The second kappa shape index (κ2) is 20.8. The number of aliphatic hydroxyl groups is 1. The third-order valence-electron chi connectivity index (χ3n) is 16.6. The highest BCUT2D eigenvalue weighted by Gasteiger charge is 2.55. The van der Waals surface area contributed by atoms with Gasteiger partial charge in [-0.15, -0.1) is 21.5 Å². The molecular weight excluding hydrogens is 953 g/mol. The predicted octanol–water partition coefficient (Wildman–Crippen LogP) is 6.55. The maximum absolute atomic E-state index is 14.3. The number of benzene rings is 2. The number of nitrogens with two attached hydrogens (primary N) is 1. The number of aryl methyl sites for hydroxylation is 1. The number of hydrogen-bond acceptors (Lipinski definition) is 15. The van der Waals surface area contributed by atoms with Crippen LogP contribution in [0.2, 0.25) is 0 Å². The van der Waals surface area contributed by atoms with Crippen molar-refractivity contribution in [3.8, 4) is 27.4 Å². The Bertz CT molecular complexity index is 2800. The lowest BCUT2D eigenvalue weighted by molar-refractivity contribution is -0.149. The van der Waals surface area contributed by atoms with Crippen LogP contribution < -0.4 is 26.2 Å². The van der Waals surface area contributed by atoms with Gasteiger partial charge in [-0.2, -0.15) is 0 Å². The number of rotatable bonds is 13. The molecule has 2 aliphatic carbocycles. The average Bonchev–Trinajstić information content (AvgIpc) is 3.98. The Morgan fingerprint density at radius 3 is 2.24 bits per heavy atom. The number of nitrogen functional groups attached to an aromatic ring is 1. The molecule has 0 radical (unpaired) electrons. The number of likely N-dealkylation sites (tertiary alicyclic amines) is 2. The fourth-order valence-electron chi connectivity index (χ4n) is 12.7. The van der Waals surface area contributed by atoms with Crippen molar-refractivity contribution in [2.45, 2.75) is 129 Å². The van der Waals surface area contributed by atoms with Crippen molar-refractivity contribution < 1.29 is 24.6 Å². The van der Waals surface area contributed by atoms with Crippen molar-refractivity contribution in [3.63, 3.8) is 0 Å². The third-order valence-corrected chi connectivity index (χ3v) is 17.5. The van der Waals surface area contributed by atoms with Crippen molar-refractivity contribution in [1.29, 1.82) is 0 Å². The van der Waals surface area contributed by atoms with Crippen molar-refractivity contribution in [3.05, 3.63) is 89.3 Å². The minimum absolute atomic E-state index is 0.0451. The Balaban J connectivity index is 0.658. The summed E-state index contributed by atoms with van der Waals surface area (Å²) in [6.07, 6.45) is 9.43. The van der Waals surface area contributed by atoms with Gasteiger partial charge in [-0.1, -0.05) is 57.2 Å². The molecule has 3 saturated heterocycles. The second-order valence-electron chi connectivity index (χ2n) is 23.2. The van der Waals surface area contributed by atoms with Gasteiger partial charge in [-0.3, -0.25) is 14.4 Å². The number of phenolic OH excluding ortho intramolecular Hbond substituents is 1. The van der Waals surface area contributed by atoms with Gasteiger partial charge in [0.25, 0.3) is 0 Å². The van der Waals surface area contributed by atoms with Crippen LogP contribution in [-0.2, 0) is 20.9 Å². The Morgan fingerprint density at radius 1 is 0.905 bits per heavy atom. The van der Waals surface area contributed by atoms with Gasteiger partial charge < -0.3 is 46.2 Å². The first-order valence-electron chi connectivity index (χ1n) is 26.5. The van der Waals surface area contributed by atoms with Crippen LogP contribution in [0, 0.1) is 29.6 Å². The number of piperazine rings is 1. The highest BCUT2D eigenvalue weighted by Crippen LogP contribution is 2.61. The maximum Gasteiger partial charge on any atom is 0.246 e. The monoisotopic (exact) mass is 1020 g/mol. The van der Waals surface area contributed by atoms with E-state index in [2.05, 4.69) is 54.4 Å². The number of nitrogens with zero attached hydrogens (tertiary/aromatic N) is 9. The van der Waals surface area contributed by atoms with E-state index in [0.29, 0.717) is 48.5 Å². The molecule has 17 nitrogen and oxygen atoms in total. The summed E-state index contributed by atoms with van der Waals surface area (Å²) < 4.78 is 0. The number of aliphatic hydroxyl groups excluding tert-OH is 1. The molecule has 2 aromatic carbocycles. The van der Waals surface area contributed by atoms with E-state index in [1.807, 2.05) is 88.1 Å². The van der Waals surface area contributed by atoms with E-state index in [1.165, 1.54) is 10.5 Å². The minimum Gasteiger partial charge on any atom is -0.507 e. The fourth-order valence-corrected chi connectivity index (χ4v) is 13.5. The molecule has 6 N–H and O–H groups in total. The Labute approximate surface area is 438 Å². The zero-order valence-electron chi connectivity index (χ0n) is 43.6. The van der Waals surface area contributed by atoms with Crippen LogP contribution in [0.4, 0.5) is 17.5 Å². The zero-order chi connectivity index (χ0) is 52.1. The van der Waals surface area contributed by atoms with Gasteiger partial charge in [0, 0.05) is 75.1 Å². The van der Waals surface area contributed by atoms with Crippen molar-refractivity contribution >= 4 is 46.5 Å². The smallest absolute Gasteiger partial charge is 0.246 e. The molecule has 5 aliphatic rings. The van der Waals surface area contributed by atoms with Crippen LogP contribution in [0.25, 0.3) is 21.7 Å². The molecule has 5 fully saturated rings. The number of nitrogens with one attached hydrogen (secondary N) is 2. The van der Waals surface area contributed by atoms with E-state index in [9.17, 15) is 24.6 Å². The number of aromatic hydroxyl groups is 1. The number of piperidine rings is 1. The molecule has 10 rings (SSSR count). The summed E-state index contributed by atoms with van der Waals surface area (Å²) in [5.41, 5.74) is 13.9. The molecule has 5 aromatic rings. The minimum atomic E-state index is -0.837.